The van der Waals surface area contributed by atoms with E-state index < -0.39 is 3.79 Å². The molecule has 0 radical (unpaired) electrons. The molecule has 0 aliphatic heterocycles. The molecular formula is C14H19Cl3. The van der Waals surface area contributed by atoms with E-state index in [9.17, 15) is 0 Å². The van der Waals surface area contributed by atoms with Crippen molar-refractivity contribution in [1.82, 2.24) is 0 Å². The van der Waals surface area contributed by atoms with Crippen LogP contribution in [0.4, 0.5) is 0 Å². The van der Waals surface area contributed by atoms with Crippen LogP contribution in [-0.2, 0) is 0 Å². The average Bonchev–Trinajstić information content (AvgIpc) is 2.15. The molecule has 3 heteroatoms. The zero-order chi connectivity index (χ0) is 13.2. The number of hydrogen-bond donors (Lipinski definition) is 0. The highest BCUT2D eigenvalue weighted by Gasteiger charge is 2.38. The largest absolute Gasteiger partial charge is 0.197 e. The second kappa shape index (κ2) is 5.82. The summed E-state index contributed by atoms with van der Waals surface area (Å²) < 4.78 is -1.27. The summed E-state index contributed by atoms with van der Waals surface area (Å²) in [7, 11) is 0. The van der Waals surface area contributed by atoms with Crippen molar-refractivity contribution in [3.05, 3.63) is 35.4 Å². The number of hydrogen-bond acceptors (Lipinski definition) is 0. The Balaban J connectivity index is 3.16. The first-order valence-corrected chi connectivity index (χ1v) is 7.00. The summed E-state index contributed by atoms with van der Waals surface area (Å²) in [6, 6.07) is 8.21. The molecular weight excluding hydrogens is 275 g/mol. The van der Waals surface area contributed by atoms with Crippen molar-refractivity contribution in [2.75, 3.05) is 0 Å². The van der Waals surface area contributed by atoms with Crippen molar-refractivity contribution < 1.29 is 0 Å². The lowest BCUT2D eigenvalue weighted by Crippen LogP contribution is -2.27. The van der Waals surface area contributed by atoms with E-state index in [-0.39, 0.29) is 5.92 Å². The van der Waals surface area contributed by atoms with Crippen molar-refractivity contribution in [3.8, 4) is 0 Å². The Morgan fingerprint density at radius 3 is 2.06 bits per heavy atom. The number of benzene rings is 1. The topological polar surface area (TPSA) is 0 Å². The van der Waals surface area contributed by atoms with E-state index >= 15 is 0 Å². The smallest absolute Gasteiger partial charge is 0.0830 e. The quantitative estimate of drug-likeness (QED) is 0.623. The Morgan fingerprint density at radius 1 is 1.06 bits per heavy atom. The lowest BCUT2D eigenvalue weighted by atomic mass is 9.81. The molecule has 1 aromatic rings. The summed E-state index contributed by atoms with van der Waals surface area (Å²) in [5.41, 5.74) is 2.30. The van der Waals surface area contributed by atoms with Gasteiger partial charge >= 0.3 is 0 Å². The molecule has 2 unspecified atom stereocenters. The highest BCUT2D eigenvalue weighted by atomic mass is 35.6. The summed E-state index contributed by atoms with van der Waals surface area (Å²) in [5.74, 6) is 0.702. The number of alkyl halides is 3. The summed E-state index contributed by atoms with van der Waals surface area (Å²) >= 11 is 18.5. The van der Waals surface area contributed by atoms with Crippen LogP contribution in [0.2, 0.25) is 0 Å². The zero-order valence-corrected chi connectivity index (χ0v) is 12.9. The molecule has 0 aliphatic rings. The molecule has 2 atom stereocenters. The maximum absolute atomic E-state index is 6.16. The molecule has 0 bridgehead atoms. The first-order valence-electron chi connectivity index (χ1n) is 5.86. The van der Waals surface area contributed by atoms with Crippen LogP contribution in [0, 0.1) is 18.8 Å². The summed E-state index contributed by atoms with van der Waals surface area (Å²) in [4.78, 5) is 0. The first kappa shape index (κ1) is 15.1. The van der Waals surface area contributed by atoms with Crippen molar-refractivity contribution in [2.24, 2.45) is 11.8 Å². The second-order valence-corrected chi connectivity index (χ2v) is 7.41. The van der Waals surface area contributed by atoms with Gasteiger partial charge in [-0.2, -0.15) is 0 Å². The fraction of sp³-hybridized carbons (Fsp3) is 0.571. The van der Waals surface area contributed by atoms with Crippen LogP contribution in [0.5, 0.6) is 0 Å². The van der Waals surface area contributed by atoms with E-state index in [0.717, 1.165) is 5.56 Å². The molecule has 0 aliphatic carbocycles. The minimum absolute atomic E-state index is 0.0765. The van der Waals surface area contributed by atoms with Gasteiger partial charge in [0.15, 0.2) is 3.79 Å². The Bertz CT molecular complexity index is 366. The normalized spacial score (nSPS) is 16.0. The van der Waals surface area contributed by atoms with E-state index in [1.54, 1.807) is 0 Å². The van der Waals surface area contributed by atoms with Crippen molar-refractivity contribution >= 4 is 34.8 Å². The van der Waals surface area contributed by atoms with Crippen LogP contribution < -0.4 is 0 Å². The molecule has 17 heavy (non-hydrogen) atoms. The average molecular weight is 294 g/mol. The van der Waals surface area contributed by atoms with Crippen LogP contribution in [0.3, 0.4) is 0 Å². The van der Waals surface area contributed by atoms with Gasteiger partial charge in [-0.25, -0.2) is 0 Å². The van der Waals surface area contributed by atoms with E-state index in [0.29, 0.717) is 11.8 Å². The number of halogens is 3. The van der Waals surface area contributed by atoms with Crippen LogP contribution in [0.1, 0.15) is 37.8 Å². The standard InChI is InChI=1S/C14H19Cl3/c1-9(2)11(4)13(14(15,16)17)12-7-5-6-10(3)8-12/h5-9,11,13H,1-4H3. The minimum atomic E-state index is -1.27. The molecule has 0 nitrogen and oxygen atoms in total. The molecule has 0 heterocycles. The van der Waals surface area contributed by atoms with Gasteiger partial charge in [-0.3, -0.25) is 0 Å². The first-order chi connectivity index (χ1) is 7.73. The maximum atomic E-state index is 6.16. The predicted octanol–water partition coefficient (Wildman–Crippen LogP) is 5.74. The zero-order valence-electron chi connectivity index (χ0n) is 10.7. The maximum Gasteiger partial charge on any atom is 0.197 e. The monoisotopic (exact) mass is 292 g/mol. The number of aryl methyl sites for hydroxylation is 1. The third-order valence-electron chi connectivity index (χ3n) is 3.33. The van der Waals surface area contributed by atoms with Gasteiger partial charge in [0, 0.05) is 5.92 Å². The SMILES string of the molecule is Cc1cccc(C(C(C)C(C)C)C(Cl)(Cl)Cl)c1. The molecule has 0 N–H and O–H groups in total. The third-order valence-corrected chi connectivity index (χ3v) is 4.04. The van der Waals surface area contributed by atoms with Crippen LogP contribution >= 0.6 is 34.8 Å². The van der Waals surface area contributed by atoms with E-state index in [4.69, 9.17) is 34.8 Å². The summed E-state index contributed by atoms with van der Waals surface area (Å²) in [6.07, 6.45) is 0. The molecule has 0 fully saturated rings. The van der Waals surface area contributed by atoms with Gasteiger partial charge in [0.1, 0.15) is 0 Å². The number of rotatable bonds is 3. The molecule has 0 saturated carbocycles. The third kappa shape index (κ3) is 4.05. The van der Waals surface area contributed by atoms with E-state index in [2.05, 4.69) is 39.8 Å². The van der Waals surface area contributed by atoms with Gasteiger partial charge in [0.2, 0.25) is 0 Å². The van der Waals surface area contributed by atoms with E-state index in [1.165, 1.54) is 5.56 Å². The van der Waals surface area contributed by atoms with Gasteiger partial charge in [-0.05, 0) is 24.3 Å². The minimum Gasteiger partial charge on any atom is -0.0830 e. The Kier molecular flexibility index (Phi) is 5.19. The Hall–Kier alpha value is 0.0900. The molecule has 1 rings (SSSR count). The predicted molar refractivity (Wildman–Crippen MR) is 78.2 cm³/mol. The Labute approximate surface area is 119 Å². The Morgan fingerprint density at radius 2 is 1.65 bits per heavy atom. The molecule has 96 valence electrons. The van der Waals surface area contributed by atoms with Crippen LogP contribution in [0.15, 0.2) is 24.3 Å². The lowest BCUT2D eigenvalue weighted by molar-refractivity contribution is 0.348. The fourth-order valence-electron chi connectivity index (χ4n) is 2.04. The lowest BCUT2D eigenvalue weighted by Gasteiger charge is -2.33. The molecule has 0 saturated heterocycles. The molecule has 0 spiro atoms. The van der Waals surface area contributed by atoms with Gasteiger partial charge < -0.3 is 0 Å². The highest BCUT2D eigenvalue weighted by Crippen LogP contribution is 2.47. The second-order valence-electron chi connectivity index (χ2n) is 5.04. The van der Waals surface area contributed by atoms with Gasteiger partial charge in [0.05, 0.1) is 0 Å². The van der Waals surface area contributed by atoms with Gasteiger partial charge in [-0.15, -0.1) is 0 Å². The molecule has 0 amide bonds. The summed E-state index contributed by atoms with van der Waals surface area (Å²) in [5, 5.41) is 0. The highest BCUT2D eigenvalue weighted by molar-refractivity contribution is 6.68. The van der Waals surface area contributed by atoms with E-state index in [1.807, 2.05) is 12.1 Å². The van der Waals surface area contributed by atoms with Gasteiger partial charge in [0.25, 0.3) is 0 Å². The van der Waals surface area contributed by atoms with Gasteiger partial charge in [-0.1, -0.05) is 85.4 Å². The van der Waals surface area contributed by atoms with Crippen molar-refractivity contribution in [3.63, 3.8) is 0 Å². The van der Waals surface area contributed by atoms with Crippen LogP contribution in [-0.4, -0.2) is 3.79 Å². The molecule has 0 aromatic heterocycles. The molecule has 1 aromatic carbocycles. The van der Waals surface area contributed by atoms with Crippen molar-refractivity contribution in [1.29, 1.82) is 0 Å². The fourth-order valence-corrected chi connectivity index (χ4v) is 3.01. The summed E-state index contributed by atoms with van der Waals surface area (Å²) in [6.45, 7) is 8.51. The van der Waals surface area contributed by atoms with Crippen LogP contribution in [0.25, 0.3) is 0 Å². The van der Waals surface area contributed by atoms with Crippen molar-refractivity contribution in [2.45, 2.75) is 37.4 Å².